The fourth-order valence-electron chi connectivity index (χ4n) is 8.78. The van der Waals surface area contributed by atoms with Crippen molar-refractivity contribution in [2.45, 2.75) is 0 Å². The van der Waals surface area contributed by atoms with E-state index in [-0.39, 0.29) is 0 Å². The molecule has 0 unspecified atom stereocenters. The molecule has 0 amide bonds. The van der Waals surface area contributed by atoms with E-state index in [1.807, 2.05) is 30.3 Å². The molecule has 0 aliphatic rings. The monoisotopic (exact) mass is 740 g/mol. The van der Waals surface area contributed by atoms with Crippen molar-refractivity contribution in [2.24, 2.45) is 0 Å². The minimum Gasteiger partial charge on any atom is -0.455 e. The maximum atomic E-state index is 6.50. The van der Waals surface area contributed by atoms with Crippen molar-refractivity contribution < 1.29 is 8.83 Å². The highest BCUT2D eigenvalue weighted by Crippen LogP contribution is 2.43. The van der Waals surface area contributed by atoms with Gasteiger partial charge in [-0.1, -0.05) is 152 Å². The van der Waals surface area contributed by atoms with E-state index in [2.05, 4.69) is 164 Å². The predicted octanol–water partition coefficient (Wildman–Crippen LogP) is 14.9. The summed E-state index contributed by atoms with van der Waals surface area (Å²) in [4.78, 5) is 10.6. The van der Waals surface area contributed by atoms with E-state index < -0.39 is 0 Å². The lowest BCUT2D eigenvalue weighted by atomic mass is 9.89. The number of hydrogen-bond acceptors (Lipinski definition) is 4. The van der Waals surface area contributed by atoms with Crippen LogP contribution < -0.4 is 0 Å². The number of hydrogen-bond donors (Lipinski definition) is 0. The van der Waals surface area contributed by atoms with E-state index in [9.17, 15) is 0 Å². The Morgan fingerprint density at radius 2 is 0.914 bits per heavy atom. The van der Waals surface area contributed by atoms with Crippen LogP contribution in [-0.4, -0.2) is 9.97 Å². The lowest BCUT2D eigenvalue weighted by Crippen LogP contribution is -1.97. The third-order valence-electron chi connectivity index (χ3n) is 11.5. The molecule has 0 saturated heterocycles. The molecule has 9 aromatic carbocycles. The van der Waals surface area contributed by atoms with Gasteiger partial charge in [-0.25, -0.2) is 9.97 Å². The van der Waals surface area contributed by atoms with Gasteiger partial charge in [-0.15, -0.1) is 0 Å². The van der Waals surface area contributed by atoms with E-state index >= 15 is 0 Å². The van der Waals surface area contributed by atoms with Crippen molar-refractivity contribution >= 4 is 65.4 Å². The maximum Gasteiger partial charge on any atom is 0.161 e. The van der Waals surface area contributed by atoms with Gasteiger partial charge in [0.05, 0.1) is 11.4 Å². The summed E-state index contributed by atoms with van der Waals surface area (Å²) in [6.45, 7) is 0. The quantitative estimate of drug-likeness (QED) is 0.176. The molecule has 0 N–H and O–H groups in total. The Labute approximate surface area is 333 Å². The zero-order valence-electron chi connectivity index (χ0n) is 31.2. The lowest BCUT2D eigenvalue weighted by molar-refractivity contribution is 0.670. The van der Waals surface area contributed by atoms with Crippen LogP contribution in [0.15, 0.2) is 203 Å². The SMILES string of the molecule is c1ccc(-c2cc(-c3cccc4c3oc3ccccc34)nc(-c3ccc(-c4ccccc4-c4ccc5oc6c7ccccc7ccc6c5c4)c4ccccc34)n2)cc1. The predicted molar refractivity (Wildman–Crippen MR) is 239 cm³/mol. The average Bonchev–Trinajstić information content (AvgIpc) is 3.87. The zero-order chi connectivity index (χ0) is 38.2. The van der Waals surface area contributed by atoms with Crippen LogP contribution in [0.3, 0.4) is 0 Å². The molecule has 0 radical (unpaired) electrons. The number of aromatic nitrogens is 2. The van der Waals surface area contributed by atoms with Crippen molar-refractivity contribution in [2.75, 3.05) is 0 Å². The standard InChI is InChI=1S/C54H32N2O2/c1-2-14-34(15-3-1)48-32-49(46-23-12-22-43-42-21-10-11-24-50(42)57-53(43)46)56-54(55-48)45-29-28-41(39-19-8-9-20-40(39)45)38-18-7-6-16-36(38)35-26-30-51-47(31-35)44-27-25-33-13-4-5-17-37(33)52(44)58-51/h1-32H. The van der Waals surface area contributed by atoms with Gasteiger partial charge in [0, 0.05) is 43.6 Å². The number of furan rings is 2. The van der Waals surface area contributed by atoms with Gasteiger partial charge in [0.1, 0.15) is 22.3 Å². The molecule has 4 heteroatoms. The summed E-state index contributed by atoms with van der Waals surface area (Å²) in [7, 11) is 0. The van der Waals surface area contributed by atoms with Crippen molar-refractivity contribution in [3.05, 3.63) is 194 Å². The van der Waals surface area contributed by atoms with Crippen LogP contribution in [0.5, 0.6) is 0 Å². The summed E-state index contributed by atoms with van der Waals surface area (Å²) >= 11 is 0. The number of rotatable bonds is 5. The highest BCUT2D eigenvalue weighted by molar-refractivity contribution is 6.16. The van der Waals surface area contributed by atoms with Crippen LogP contribution in [-0.2, 0) is 0 Å². The van der Waals surface area contributed by atoms with Gasteiger partial charge < -0.3 is 8.83 Å². The first kappa shape index (κ1) is 32.4. The fourth-order valence-corrected chi connectivity index (χ4v) is 8.78. The van der Waals surface area contributed by atoms with Crippen LogP contribution in [0.4, 0.5) is 0 Å². The third-order valence-corrected chi connectivity index (χ3v) is 11.5. The van der Waals surface area contributed by atoms with Crippen LogP contribution >= 0.6 is 0 Å². The van der Waals surface area contributed by atoms with Gasteiger partial charge in [-0.3, -0.25) is 0 Å². The molecule has 0 bridgehead atoms. The molecule has 0 saturated carbocycles. The average molecular weight is 741 g/mol. The Morgan fingerprint density at radius 1 is 0.293 bits per heavy atom. The Kier molecular flexibility index (Phi) is 7.20. The number of fused-ring (bicyclic) bond motifs is 9. The van der Waals surface area contributed by atoms with Gasteiger partial charge in [0.15, 0.2) is 5.82 Å². The molecule has 0 aliphatic carbocycles. The molecule has 58 heavy (non-hydrogen) atoms. The van der Waals surface area contributed by atoms with E-state index in [0.717, 1.165) is 110 Å². The van der Waals surface area contributed by atoms with Gasteiger partial charge in [-0.05, 0) is 80.9 Å². The minimum absolute atomic E-state index is 0.658. The van der Waals surface area contributed by atoms with E-state index in [1.165, 1.54) is 5.39 Å². The summed E-state index contributed by atoms with van der Waals surface area (Å²) in [6, 6.07) is 67.9. The van der Waals surface area contributed by atoms with Crippen LogP contribution in [0.2, 0.25) is 0 Å². The van der Waals surface area contributed by atoms with Crippen LogP contribution in [0.25, 0.3) is 122 Å². The van der Waals surface area contributed by atoms with E-state index in [0.29, 0.717) is 5.82 Å². The molecule has 12 rings (SSSR count). The normalized spacial score (nSPS) is 11.8. The molecule has 0 atom stereocenters. The summed E-state index contributed by atoms with van der Waals surface area (Å²) in [6.07, 6.45) is 0. The molecular weight excluding hydrogens is 709 g/mol. The molecule has 0 aliphatic heterocycles. The summed E-state index contributed by atoms with van der Waals surface area (Å²) in [5, 5.41) is 8.89. The summed E-state index contributed by atoms with van der Waals surface area (Å²) in [5.41, 5.74) is 12.6. The zero-order valence-corrected chi connectivity index (χ0v) is 31.2. The second kappa shape index (κ2) is 12.9. The first-order chi connectivity index (χ1) is 28.7. The van der Waals surface area contributed by atoms with Crippen molar-refractivity contribution in [3.63, 3.8) is 0 Å². The number of nitrogens with zero attached hydrogens (tertiary/aromatic N) is 2. The third kappa shape index (κ3) is 5.09. The topological polar surface area (TPSA) is 52.1 Å². The second-order valence-electron chi connectivity index (χ2n) is 14.8. The molecular formula is C54H32N2O2. The highest BCUT2D eigenvalue weighted by atomic mass is 16.3. The first-order valence-electron chi connectivity index (χ1n) is 19.6. The number of para-hydroxylation sites is 2. The molecule has 3 heterocycles. The summed E-state index contributed by atoms with van der Waals surface area (Å²) in [5.74, 6) is 0.658. The molecule has 12 aromatic rings. The Morgan fingerprint density at radius 3 is 1.79 bits per heavy atom. The maximum absolute atomic E-state index is 6.50. The molecule has 3 aromatic heterocycles. The van der Waals surface area contributed by atoms with E-state index in [1.54, 1.807) is 0 Å². The fraction of sp³-hybridized carbons (Fsp3) is 0. The second-order valence-corrected chi connectivity index (χ2v) is 14.8. The number of benzene rings is 9. The van der Waals surface area contributed by atoms with Crippen LogP contribution in [0.1, 0.15) is 0 Å². The molecule has 0 spiro atoms. The van der Waals surface area contributed by atoms with Crippen molar-refractivity contribution in [3.8, 4) is 56.2 Å². The van der Waals surface area contributed by atoms with Gasteiger partial charge in [0.25, 0.3) is 0 Å². The van der Waals surface area contributed by atoms with E-state index in [4.69, 9.17) is 18.8 Å². The Bertz CT molecular complexity index is 3580. The summed E-state index contributed by atoms with van der Waals surface area (Å²) < 4.78 is 13.0. The largest absolute Gasteiger partial charge is 0.455 e. The van der Waals surface area contributed by atoms with Gasteiger partial charge in [-0.2, -0.15) is 0 Å². The minimum atomic E-state index is 0.658. The van der Waals surface area contributed by atoms with Crippen molar-refractivity contribution in [1.29, 1.82) is 0 Å². The lowest BCUT2D eigenvalue weighted by Gasteiger charge is -2.16. The molecule has 0 fully saturated rings. The molecule has 4 nitrogen and oxygen atoms in total. The Hall–Kier alpha value is -7.82. The first-order valence-corrected chi connectivity index (χ1v) is 19.6. The van der Waals surface area contributed by atoms with Gasteiger partial charge >= 0.3 is 0 Å². The molecule has 270 valence electrons. The Balaban J connectivity index is 1.03. The van der Waals surface area contributed by atoms with Crippen LogP contribution in [0, 0.1) is 0 Å². The highest BCUT2D eigenvalue weighted by Gasteiger charge is 2.20. The van der Waals surface area contributed by atoms with Crippen molar-refractivity contribution in [1.82, 2.24) is 9.97 Å². The van der Waals surface area contributed by atoms with Gasteiger partial charge in [0.2, 0.25) is 0 Å². The smallest absolute Gasteiger partial charge is 0.161 e.